The van der Waals surface area contributed by atoms with Crippen LogP contribution in [-0.4, -0.2) is 19.8 Å². The first-order chi connectivity index (χ1) is 11.2. The lowest BCUT2D eigenvalue weighted by molar-refractivity contribution is -0.111. The van der Waals surface area contributed by atoms with E-state index in [4.69, 9.17) is 25.8 Å². The van der Waals surface area contributed by atoms with Crippen molar-refractivity contribution in [3.8, 4) is 17.2 Å². The Hall–Kier alpha value is -2.66. The summed E-state index contributed by atoms with van der Waals surface area (Å²) >= 11 is 6.10. The van der Waals surface area contributed by atoms with Crippen LogP contribution >= 0.6 is 11.6 Å². The molecule has 6 heteroatoms. The quantitative estimate of drug-likeness (QED) is 0.867. The molecule has 0 unspecified atom stereocenters. The summed E-state index contributed by atoms with van der Waals surface area (Å²) < 4.78 is 15.7. The van der Waals surface area contributed by atoms with Gasteiger partial charge in [-0.3, -0.25) is 4.79 Å². The number of hydrogen-bond donors (Lipinski definition) is 1. The smallest absolute Gasteiger partial charge is 0.248 e. The summed E-state index contributed by atoms with van der Waals surface area (Å²) in [5, 5.41) is 3.21. The monoisotopic (exact) mass is 331 g/mol. The molecular formula is C17H14ClNO4. The predicted octanol–water partition coefficient (Wildman–Crippen LogP) is 3.73. The van der Waals surface area contributed by atoms with Crippen molar-refractivity contribution in [1.82, 2.24) is 0 Å². The van der Waals surface area contributed by atoms with Crippen molar-refractivity contribution in [3.05, 3.63) is 53.1 Å². The van der Waals surface area contributed by atoms with Crippen LogP contribution in [0.5, 0.6) is 17.2 Å². The molecule has 0 saturated heterocycles. The highest BCUT2D eigenvalue weighted by Crippen LogP contribution is 2.40. The number of nitrogens with one attached hydrogen (secondary N) is 1. The molecule has 1 N–H and O–H groups in total. The minimum absolute atomic E-state index is 0.149. The molecule has 0 atom stereocenters. The SMILES string of the molecule is COc1ccccc1NC(=O)C=Cc1cc(Cl)c2c(c1)OCO2. The van der Waals surface area contributed by atoms with Gasteiger partial charge >= 0.3 is 0 Å². The number of benzene rings is 2. The Morgan fingerprint density at radius 1 is 1.30 bits per heavy atom. The molecule has 118 valence electrons. The van der Waals surface area contributed by atoms with Crippen LogP contribution in [0.3, 0.4) is 0 Å². The number of methoxy groups -OCH3 is 1. The zero-order chi connectivity index (χ0) is 16.2. The van der Waals surface area contributed by atoms with Crippen LogP contribution in [0.2, 0.25) is 5.02 Å². The summed E-state index contributed by atoms with van der Waals surface area (Å²) in [6.07, 6.45) is 3.07. The van der Waals surface area contributed by atoms with E-state index in [0.29, 0.717) is 28.0 Å². The minimum Gasteiger partial charge on any atom is -0.495 e. The van der Waals surface area contributed by atoms with Crippen molar-refractivity contribution in [1.29, 1.82) is 0 Å². The Bertz CT molecular complexity index is 773. The van der Waals surface area contributed by atoms with Gasteiger partial charge in [0.15, 0.2) is 11.5 Å². The molecular weight excluding hydrogens is 318 g/mol. The first kappa shape index (κ1) is 15.2. The third-order valence-corrected chi connectivity index (χ3v) is 3.52. The number of amides is 1. The second-order valence-electron chi connectivity index (χ2n) is 4.76. The van der Waals surface area contributed by atoms with E-state index < -0.39 is 0 Å². The Balaban J connectivity index is 1.73. The average Bonchev–Trinajstić information content (AvgIpc) is 3.02. The van der Waals surface area contributed by atoms with Crippen LogP contribution in [0.15, 0.2) is 42.5 Å². The van der Waals surface area contributed by atoms with Crippen molar-refractivity contribution in [2.75, 3.05) is 19.2 Å². The summed E-state index contributed by atoms with van der Waals surface area (Å²) in [4.78, 5) is 12.0. The summed E-state index contributed by atoms with van der Waals surface area (Å²) in [6.45, 7) is 0.149. The molecule has 5 nitrogen and oxygen atoms in total. The van der Waals surface area contributed by atoms with E-state index in [2.05, 4.69) is 5.32 Å². The first-order valence-electron chi connectivity index (χ1n) is 6.88. The molecule has 0 aliphatic carbocycles. The number of carbonyl (C=O) groups excluding carboxylic acids is 1. The highest BCUT2D eigenvalue weighted by atomic mass is 35.5. The van der Waals surface area contributed by atoms with E-state index in [1.54, 1.807) is 37.5 Å². The molecule has 0 radical (unpaired) electrons. The van der Waals surface area contributed by atoms with Gasteiger partial charge in [0.05, 0.1) is 17.8 Å². The van der Waals surface area contributed by atoms with Crippen molar-refractivity contribution >= 4 is 29.3 Å². The molecule has 1 heterocycles. The highest BCUT2D eigenvalue weighted by Gasteiger charge is 2.17. The molecule has 0 aromatic heterocycles. The molecule has 23 heavy (non-hydrogen) atoms. The Labute approximate surface area is 138 Å². The molecule has 2 aromatic carbocycles. The molecule has 1 aliphatic heterocycles. The van der Waals surface area contributed by atoms with Gasteiger partial charge in [0.25, 0.3) is 0 Å². The standard InChI is InChI=1S/C17H14ClNO4/c1-21-14-5-3-2-4-13(14)19-16(20)7-6-11-8-12(18)17-15(9-11)22-10-23-17/h2-9H,10H2,1H3,(H,19,20). The number of rotatable bonds is 4. The van der Waals surface area contributed by atoms with Crippen molar-refractivity contribution in [3.63, 3.8) is 0 Å². The molecule has 0 bridgehead atoms. The van der Waals surface area contributed by atoms with Crippen LogP contribution in [0, 0.1) is 0 Å². The maximum atomic E-state index is 12.0. The first-order valence-corrected chi connectivity index (χ1v) is 7.26. The van der Waals surface area contributed by atoms with Crippen LogP contribution in [0.1, 0.15) is 5.56 Å². The lowest BCUT2D eigenvalue weighted by atomic mass is 10.2. The fourth-order valence-corrected chi connectivity index (χ4v) is 2.45. The van der Waals surface area contributed by atoms with Crippen LogP contribution in [-0.2, 0) is 4.79 Å². The summed E-state index contributed by atoms with van der Waals surface area (Å²) in [6, 6.07) is 10.7. The van der Waals surface area contributed by atoms with Gasteiger partial charge < -0.3 is 19.5 Å². The summed E-state index contributed by atoms with van der Waals surface area (Å²) in [5.74, 6) is 1.42. The summed E-state index contributed by atoms with van der Waals surface area (Å²) in [5.41, 5.74) is 1.35. The number of halogens is 1. The molecule has 0 spiro atoms. The van der Waals surface area contributed by atoms with E-state index in [1.807, 2.05) is 12.1 Å². The third-order valence-electron chi connectivity index (χ3n) is 3.24. The number of para-hydroxylation sites is 2. The van der Waals surface area contributed by atoms with Gasteiger partial charge in [-0.15, -0.1) is 0 Å². The molecule has 0 fully saturated rings. The van der Waals surface area contributed by atoms with Gasteiger partial charge in [-0.25, -0.2) is 0 Å². The zero-order valence-electron chi connectivity index (χ0n) is 12.3. The van der Waals surface area contributed by atoms with Crippen LogP contribution in [0.4, 0.5) is 5.69 Å². The average molecular weight is 332 g/mol. The van der Waals surface area contributed by atoms with E-state index >= 15 is 0 Å². The molecule has 2 aromatic rings. The number of ether oxygens (including phenoxy) is 3. The Morgan fingerprint density at radius 2 is 2.13 bits per heavy atom. The van der Waals surface area contributed by atoms with Crippen LogP contribution < -0.4 is 19.5 Å². The van der Waals surface area contributed by atoms with E-state index in [9.17, 15) is 4.79 Å². The van der Waals surface area contributed by atoms with Gasteiger partial charge in [-0.1, -0.05) is 23.7 Å². The third kappa shape index (κ3) is 3.40. The maximum Gasteiger partial charge on any atom is 0.248 e. The second kappa shape index (κ2) is 6.62. The maximum absolute atomic E-state index is 12.0. The normalized spacial score (nSPS) is 12.4. The molecule has 3 rings (SSSR count). The predicted molar refractivity (Wildman–Crippen MR) is 88.2 cm³/mol. The lowest BCUT2D eigenvalue weighted by Crippen LogP contribution is -2.08. The molecule has 1 aliphatic rings. The van der Waals surface area contributed by atoms with Gasteiger partial charge in [0.2, 0.25) is 12.7 Å². The Morgan fingerprint density at radius 3 is 2.96 bits per heavy atom. The fourth-order valence-electron chi connectivity index (χ4n) is 2.18. The minimum atomic E-state index is -0.275. The summed E-state index contributed by atoms with van der Waals surface area (Å²) in [7, 11) is 1.55. The topological polar surface area (TPSA) is 56.8 Å². The van der Waals surface area contributed by atoms with Crippen molar-refractivity contribution < 1.29 is 19.0 Å². The largest absolute Gasteiger partial charge is 0.495 e. The van der Waals surface area contributed by atoms with Gasteiger partial charge in [-0.2, -0.15) is 0 Å². The van der Waals surface area contributed by atoms with Gasteiger partial charge in [0.1, 0.15) is 5.75 Å². The number of fused-ring (bicyclic) bond motifs is 1. The van der Waals surface area contributed by atoms with E-state index in [1.165, 1.54) is 6.08 Å². The number of hydrogen-bond acceptors (Lipinski definition) is 4. The van der Waals surface area contributed by atoms with E-state index in [-0.39, 0.29) is 12.7 Å². The fraction of sp³-hybridized carbons (Fsp3) is 0.118. The van der Waals surface area contributed by atoms with Crippen molar-refractivity contribution in [2.45, 2.75) is 0 Å². The van der Waals surface area contributed by atoms with E-state index in [0.717, 1.165) is 5.56 Å². The number of anilines is 1. The van der Waals surface area contributed by atoms with Crippen LogP contribution in [0.25, 0.3) is 6.08 Å². The number of carbonyl (C=O) groups is 1. The lowest BCUT2D eigenvalue weighted by Gasteiger charge is -2.07. The van der Waals surface area contributed by atoms with Gasteiger partial charge in [-0.05, 0) is 35.9 Å². The van der Waals surface area contributed by atoms with Crippen molar-refractivity contribution in [2.24, 2.45) is 0 Å². The second-order valence-corrected chi connectivity index (χ2v) is 5.17. The van der Waals surface area contributed by atoms with Gasteiger partial charge in [0, 0.05) is 6.08 Å². The Kier molecular flexibility index (Phi) is 4.39. The zero-order valence-corrected chi connectivity index (χ0v) is 13.1. The molecule has 0 saturated carbocycles. The highest BCUT2D eigenvalue weighted by molar-refractivity contribution is 6.32. The molecule has 1 amide bonds.